The van der Waals surface area contributed by atoms with Crippen LogP contribution in [0.4, 0.5) is 11.4 Å². The average Bonchev–Trinajstić information content (AvgIpc) is 4.34. The molecule has 0 fully saturated rings. The number of nitrogens with zero attached hydrogens (tertiary/aromatic N) is 1. The summed E-state index contributed by atoms with van der Waals surface area (Å²) in [4.78, 5) is 0. The van der Waals surface area contributed by atoms with Crippen molar-refractivity contribution in [3.8, 4) is 50.6 Å². The van der Waals surface area contributed by atoms with Gasteiger partial charge in [-0.1, -0.05) is 183 Å². The number of nitrogens with one attached hydrogen (secondary N) is 1. The number of rotatable bonds is 5. The summed E-state index contributed by atoms with van der Waals surface area (Å²) >= 11 is 0. The van der Waals surface area contributed by atoms with Crippen LogP contribution < -0.4 is 16.2 Å². The van der Waals surface area contributed by atoms with Gasteiger partial charge in [-0.15, -0.1) is 0 Å². The standard InChI is InChI=1S/C71H61BN2O2/c1-68(2,3)42-24-26-43(27-25-42)73-59-39-63-50(51-34-56-57(38-62(51)75-63)70(6,7)31-30-69(56,4)5)32-48(59)45-28-29-46-49-33-55-47(44-22-16-17-23-54(44)71(55,8)9)36-60(49)74-61-37-53-52(35-58(61)72-64(45)65(46)74)66(40-18-12-10-13-19-40)76-67(53)41-20-14-11-15-21-41/h10-29,32-39,72-73H,30-31H2,1-9H3. The molecule has 4 nitrogen and oxygen atoms in total. The second-order valence-corrected chi connectivity index (χ2v) is 25.2. The van der Waals surface area contributed by atoms with Crippen LogP contribution in [0.2, 0.25) is 0 Å². The SMILES string of the molecule is CC(C)(C)c1ccc(Nc2cc3oc4cc5c(cc4c3cc2-c2ccc3c4cc6c(cc4n4c3c2Bc2cc3c(-c7ccccc7)oc(-c7ccccc7)c3cc2-4)-c2ccccc2C6(C)C)C(C)(C)CCC5(C)C)cc1. The van der Waals surface area contributed by atoms with Crippen LogP contribution in [-0.2, 0) is 21.7 Å². The number of hydrogen-bond donors (Lipinski definition) is 1. The molecule has 76 heavy (non-hydrogen) atoms. The van der Waals surface area contributed by atoms with Gasteiger partial charge in [-0.2, -0.15) is 0 Å². The summed E-state index contributed by atoms with van der Waals surface area (Å²) in [7, 11) is 0.739. The highest BCUT2D eigenvalue weighted by atomic mass is 16.3. The number of anilines is 2. The molecule has 1 N–H and O–H groups in total. The third-order valence-electron chi connectivity index (χ3n) is 18.2. The molecule has 5 heteroatoms. The topological polar surface area (TPSA) is 43.2 Å². The van der Waals surface area contributed by atoms with E-state index in [1.54, 1.807) is 0 Å². The summed E-state index contributed by atoms with van der Waals surface area (Å²) in [5.41, 5.74) is 24.2. The Bertz CT molecular complexity index is 4440. The highest BCUT2D eigenvalue weighted by Gasteiger charge is 2.40. The van der Waals surface area contributed by atoms with Crippen LogP contribution in [0.5, 0.6) is 0 Å². The molecule has 370 valence electrons. The van der Waals surface area contributed by atoms with Gasteiger partial charge in [0, 0.05) is 77.4 Å². The molecule has 2 aliphatic carbocycles. The minimum absolute atomic E-state index is 0.0400. The molecular formula is C71H61BN2O2. The van der Waals surface area contributed by atoms with Crippen LogP contribution in [0.15, 0.2) is 179 Å². The van der Waals surface area contributed by atoms with Gasteiger partial charge in [0.25, 0.3) is 0 Å². The number of hydrogen-bond acceptors (Lipinski definition) is 3. The van der Waals surface area contributed by atoms with Crippen molar-refractivity contribution in [3.63, 3.8) is 0 Å². The van der Waals surface area contributed by atoms with Gasteiger partial charge in [0.1, 0.15) is 22.7 Å². The fourth-order valence-corrected chi connectivity index (χ4v) is 13.8. The smallest absolute Gasteiger partial charge is 0.198 e. The van der Waals surface area contributed by atoms with Gasteiger partial charge in [-0.3, -0.25) is 0 Å². The number of aromatic nitrogens is 1. The molecule has 0 saturated carbocycles. The lowest BCUT2D eigenvalue weighted by Gasteiger charge is -2.41. The van der Waals surface area contributed by atoms with Gasteiger partial charge in [-0.05, 0) is 128 Å². The first-order valence-electron chi connectivity index (χ1n) is 27.4. The van der Waals surface area contributed by atoms with E-state index in [0.717, 1.165) is 87.0 Å². The third-order valence-corrected chi connectivity index (χ3v) is 18.2. The molecule has 4 heterocycles. The normalized spacial score (nSPS) is 15.8. The van der Waals surface area contributed by atoms with E-state index in [0.29, 0.717) is 0 Å². The fraction of sp³-hybridized carbons (Fsp3) is 0.211. The average molecular weight is 985 g/mol. The largest absolute Gasteiger partial charge is 0.456 e. The second-order valence-electron chi connectivity index (χ2n) is 25.2. The van der Waals surface area contributed by atoms with Crippen molar-refractivity contribution < 1.29 is 8.83 Å². The van der Waals surface area contributed by atoms with Crippen molar-refractivity contribution in [2.24, 2.45) is 0 Å². The zero-order valence-corrected chi connectivity index (χ0v) is 45.1. The van der Waals surface area contributed by atoms with E-state index in [4.69, 9.17) is 8.83 Å². The molecule has 9 aromatic carbocycles. The lowest BCUT2D eigenvalue weighted by atomic mass is 9.58. The van der Waals surface area contributed by atoms with Crippen LogP contribution in [0.25, 0.3) is 105 Å². The van der Waals surface area contributed by atoms with Crippen LogP contribution in [0.1, 0.15) is 103 Å². The molecule has 0 atom stereocenters. The van der Waals surface area contributed by atoms with E-state index in [9.17, 15) is 0 Å². The Hall–Kier alpha value is -8.02. The Morgan fingerprint density at radius 3 is 1.80 bits per heavy atom. The molecule has 0 spiro atoms. The zero-order valence-electron chi connectivity index (χ0n) is 45.1. The van der Waals surface area contributed by atoms with Crippen molar-refractivity contribution in [2.45, 2.75) is 96.8 Å². The molecule has 15 rings (SSSR count). The van der Waals surface area contributed by atoms with E-state index >= 15 is 0 Å². The second kappa shape index (κ2) is 15.5. The highest BCUT2D eigenvalue weighted by molar-refractivity contribution is 6.73. The first kappa shape index (κ1) is 45.4. The summed E-state index contributed by atoms with van der Waals surface area (Å²) in [6.45, 7) is 21.2. The van der Waals surface area contributed by atoms with E-state index in [1.807, 2.05) is 0 Å². The predicted octanol–water partition coefficient (Wildman–Crippen LogP) is 17.8. The first-order valence-corrected chi connectivity index (χ1v) is 27.4. The maximum atomic E-state index is 7.09. The molecule has 0 unspecified atom stereocenters. The third kappa shape index (κ3) is 6.50. The van der Waals surface area contributed by atoms with Crippen LogP contribution >= 0.6 is 0 Å². The summed E-state index contributed by atoms with van der Waals surface area (Å²) in [5.74, 6) is 1.78. The van der Waals surface area contributed by atoms with Gasteiger partial charge in [0.05, 0.1) is 11.2 Å². The van der Waals surface area contributed by atoms with Crippen molar-refractivity contribution in [1.29, 1.82) is 0 Å². The Labute approximate surface area is 445 Å². The minimum Gasteiger partial charge on any atom is -0.456 e. The van der Waals surface area contributed by atoms with Gasteiger partial charge < -0.3 is 18.7 Å². The van der Waals surface area contributed by atoms with Crippen LogP contribution in [-0.4, -0.2) is 11.8 Å². The molecule has 1 aliphatic heterocycles. The van der Waals surface area contributed by atoms with Crippen molar-refractivity contribution in [1.82, 2.24) is 4.57 Å². The lowest BCUT2D eigenvalue weighted by Crippen LogP contribution is -2.37. The molecule has 0 radical (unpaired) electrons. The first-order chi connectivity index (χ1) is 36.5. The van der Waals surface area contributed by atoms with Crippen LogP contribution in [0.3, 0.4) is 0 Å². The summed E-state index contributed by atoms with van der Waals surface area (Å²) in [6, 6.07) is 63.6. The minimum atomic E-state index is -0.143. The number of furan rings is 2. The van der Waals surface area contributed by atoms with E-state index in [2.05, 4.69) is 242 Å². The van der Waals surface area contributed by atoms with Crippen LogP contribution in [0, 0.1) is 0 Å². The summed E-state index contributed by atoms with van der Waals surface area (Å²) in [6.07, 6.45) is 2.30. The van der Waals surface area contributed by atoms with Gasteiger partial charge in [-0.25, -0.2) is 0 Å². The van der Waals surface area contributed by atoms with Crippen molar-refractivity contribution in [2.75, 3.05) is 5.32 Å². The van der Waals surface area contributed by atoms with Gasteiger partial charge in [0.15, 0.2) is 7.28 Å². The van der Waals surface area contributed by atoms with E-state index in [-0.39, 0.29) is 21.7 Å². The molecule has 0 amide bonds. The van der Waals surface area contributed by atoms with Gasteiger partial charge in [0.2, 0.25) is 0 Å². The highest BCUT2D eigenvalue weighted by Crippen LogP contribution is 2.53. The predicted molar refractivity (Wildman–Crippen MR) is 322 cm³/mol. The Morgan fingerprint density at radius 1 is 0.487 bits per heavy atom. The maximum Gasteiger partial charge on any atom is 0.198 e. The quantitative estimate of drug-likeness (QED) is 0.175. The molecule has 12 aromatic rings. The monoisotopic (exact) mass is 984 g/mol. The molecule has 3 aliphatic rings. The molecule has 0 bridgehead atoms. The summed E-state index contributed by atoms with van der Waals surface area (Å²) < 4.78 is 16.7. The fourth-order valence-electron chi connectivity index (χ4n) is 13.8. The van der Waals surface area contributed by atoms with E-state index < -0.39 is 0 Å². The number of fused-ring (bicyclic) bond motifs is 13. The zero-order chi connectivity index (χ0) is 51.8. The maximum absolute atomic E-state index is 7.09. The van der Waals surface area contributed by atoms with E-state index in [1.165, 1.54) is 88.3 Å². The number of benzene rings is 9. The molecule has 3 aromatic heterocycles. The molecular weight excluding hydrogens is 924 g/mol. The van der Waals surface area contributed by atoms with Crippen molar-refractivity contribution in [3.05, 3.63) is 198 Å². The lowest BCUT2D eigenvalue weighted by molar-refractivity contribution is 0.332. The Kier molecular flexibility index (Phi) is 9.28. The molecule has 0 saturated heterocycles. The van der Waals surface area contributed by atoms with Gasteiger partial charge >= 0.3 is 0 Å². The Morgan fingerprint density at radius 2 is 1.11 bits per heavy atom. The van der Waals surface area contributed by atoms with Crippen molar-refractivity contribution >= 4 is 84.1 Å². The summed E-state index contributed by atoms with van der Waals surface area (Å²) in [5, 5.41) is 11.1. The Balaban J connectivity index is 1.03.